The number of carbonyl (C=O) groups is 1. The van der Waals surface area contributed by atoms with Gasteiger partial charge in [-0.25, -0.2) is 4.68 Å². The standard InChI is InChI=1S/C19H21ClN2O/c1-12-4-9-17(19(23)22-14(3)11-13(2)21-22)18(10-12)15-5-7-16(20)8-6-15/h4-8,11,17-18H,9-10H2,1-3H3. The van der Waals surface area contributed by atoms with Crippen molar-refractivity contribution in [2.45, 2.75) is 39.5 Å². The fourth-order valence-electron chi connectivity index (χ4n) is 3.41. The molecule has 3 nitrogen and oxygen atoms in total. The highest BCUT2D eigenvalue weighted by Crippen LogP contribution is 2.38. The SMILES string of the molecule is CC1=CCC(C(=O)n2nc(C)cc2C)C(c2ccc(Cl)cc2)C1. The van der Waals surface area contributed by atoms with Gasteiger partial charge >= 0.3 is 0 Å². The van der Waals surface area contributed by atoms with Crippen LogP contribution in [0.5, 0.6) is 0 Å². The molecule has 23 heavy (non-hydrogen) atoms. The lowest BCUT2D eigenvalue weighted by molar-refractivity contribution is 0.0788. The zero-order chi connectivity index (χ0) is 16.6. The Morgan fingerprint density at radius 3 is 2.52 bits per heavy atom. The lowest BCUT2D eigenvalue weighted by Gasteiger charge is -2.30. The predicted octanol–water partition coefficient (Wildman–Crippen LogP) is 4.93. The average molecular weight is 329 g/mol. The monoisotopic (exact) mass is 328 g/mol. The van der Waals surface area contributed by atoms with Crippen LogP contribution in [-0.4, -0.2) is 15.7 Å². The molecule has 0 N–H and O–H groups in total. The Morgan fingerprint density at radius 2 is 1.91 bits per heavy atom. The Labute approximate surface area is 142 Å². The number of aromatic nitrogens is 2. The second-order valence-electron chi connectivity index (χ2n) is 6.43. The molecular weight excluding hydrogens is 308 g/mol. The van der Waals surface area contributed by atoms with E-state index in [1.807, 2.05) is 44.2 Å². The Balaban J connectivity index is 1.96. The minimum atomic E-state index is -0.0853. The van der Waals surface area contributed by atoms with Gasteiger partial charge in [-0.2, -0.15) is 5.10 Å². The third-order valence-electron chi connectivity index (χ3n) is 4.58. The van der Waals surface area contributed by atoms with Crippen LogP contribution in [0.25, 0.3) is 0 Å². The molecule has 0 saturated heterocycles. The van der Waals surface area contributed by atoms with Crippen LogP contribution in [0.1, 0.15) is 47.4 Å². The number of hydrogen-bond acceptors (Lipinski definition) is 2. The summed E-state index contributed by atoms with van der Waals surface area (Å²) in [4.78, 5) is 13.0. The van der Waals surface area contributed by atoms with Gasteiger partial charge in [0.05, 0.1) is 11.6 Å². The Bertz CT molecular complexity index is 758. The van der Waals surface area contributed by atoms with E-state index in [1.165, 1.54) is 11.1 Å². The van der Waals surface area contributed by atoms with Crippen LogP contribution in [0.4, 0.5) is 0 Å². The average Bonchev–Trinajstić information content (AvgIpc) is 2.86. The maximum Gasteiger partial charge on any atom is 0.251 e. The molecular formula is C19H21ClN2O. The van der Waals surface area contributed by atoms with Crippen LogP contribution in [0.3, 0.4) is 0 Å². The number of rotatable bonds is 2. The number of carbonyl (C=O) groups excluding carboxylic acids is 1. The second-order valence-corrected chi connectivity index (χ2v) is 6.87. The van der Waals surface area contributed by atoms with Gasteiger partial charge in [0.25, 0.3) is 5.91 Å². The molecule has 1 aliphatic carbocycles. The molecule has 1 heterocycles. The zero-order valence-corrected chi connectivity index (χ0v) is 14.5. The molecule has 2 aromatic rings. The van der Waals surface area contributed by atoms with Crippen molar-refractivity contribution in [2.24, 2.45) is 5.92 Å². The second kappa shape index (κ2) is 6.32. The number of allylic oxidation sites excluding steroid dienone is 2. The molecule has 1 aliphatic rings. The third kappa shape index (κ3) is 3.25. The zero-order valence-electron chi connectivity index (χ0n) is 13.7. The van der Waals surface area contributed by atoms with Gasteiger partial charge in [-0.1, -0.05) is 35.4 Å². The fraction of sp³-hybridized carbons (Fsp3) is 0.368. The van der Waals surface area contributed by atoms with E-state index in [9.17, 15) is 4.79 Å². The number of aryl methyl sites for hydroxylation is 2. The Kier molecular flexibility index (Phi) is 4.40. The number of nitrogens with zero attached hydrogens (tertiary/aromatic N) is 2. The minimum Gasteiger partial charge on any atom is -0.272 e. The Morgan fingerprint density at radius 1 is 1.22 bits per heavy atom. The van der Waals surface area contributed by atoms with Gasteiger partial charge in [0.2, 0.25) is 0 Å². The molecule has 0 spiro atoms. The summed E-state index contributed by atoms with van der Waals surface area (Å²) in [6.45, 7) is 5.98. The van der Waals surface area contributed by atoms with Gasteiger partial charge in [-0.15, -0.1) is 0 Å². The molecule has 1 aromatic carbocycles. The summed E-state index contributed by atoms with van der Waals surface area (Å²) in [5.41, 5.74) is 4.28. The van der Waals surface area contributed by atoms with Gasteiger partial charge < -0.3 is 0 Å². The largest absolute Gasteiger partial charge is 0.272 e. The summed E-state index contributed by atoms with van der Waals surface area (Å²) in [5, 5.41) is 5.09. The molecule has 0 amide bonds. The third-order valence-corrected chi connectivity index (χ3v) is 4.83. The normalized spacial score (nSPS) is 21.1. The van der Waals surface area contributed by atoms with Crippen molar-refractivity contribution in [3.05, 3.63) is 64.0 Å². The first-order valence-electron chi connectivity index (χ1n) is 7.94. The van der Waals surface area contributed by atoms with E-state index in [1.54, 1.807) is 4.68 Å². The van der Waals surface area contributed by atoms with E-state index in [0.717, 1.165) is 29.3 Å². The van der Waals surface area contributed by atoms with Crippen LogP contribution in [-0.2, 0) is 0 Å². The lowest BCUT2D eigenvalue weighted by Crippen LogP contribution is -2.30. The maximum absolute atomic E-state index is 13.0. The molecule has 0 aliphatic heterocycles. The molecule has 0 fully saturated rings. The topological polar surface area (TPSA) is 34.9 Å². The summed E-state index contributed by atoms with van der Waals surface area (Å²) in [7, 11) is 0. The van der Waals surface area contributed by atoms with Crippen molar-refractivity contribution in [1.82, 2.24) is 9.78 Å². The number of halogens is 1. The molecule has 2 atom stereocenters. The van der Waals surface area contributed by atoms with E-state index >= 15 is 0 Å². The van der Waals surface area contributed by atoms with Crippen molar-refractivity contribution < 1.29 is 4.79 Å². The molecule has 0 radical (unpaired) electrons. The van der Waals surface area contributed by atoms with Gasteiger partial charge in [-0.05, 0) is 63.3 Å². The number of hydrogen-bond donors (Lipinski definition) is 0. The maximum atomic E-state index is 13.0. The lowest BCUT2D eigenvalue weighted by atomic mass is 9.75. The van der Waals surface area contributed by atoms with E-state index in [0.29, 0.717) is 0 Å². The van der Waals surface area contributed by atoms with Crippen molar-refractivity contribution in [3.8, 4) is 0 Å². The summed E-state index contributed by atoms with van der Waals surface area (Å²) in [6.07, 6.45) is 3.84. The van der Waals surface area contributed by atoms with Gasteiger partial charge in [0.15, 0.2) is 0 Å². The minimum absolute atomic E-state index is 0.0827. The number of benzene rings is 1. The van der Waals surface area contributed by atoms with Crippen molar-refractivity contribution >= 4 is 17.5 Å². The van der Waals surface area contributed by atoms with E-state index in [-0.39, 0.29) is 17.7 Å². The first-order valence-corrected chi connectivity index (χ1v) is 8.32. The van der Waals surface area contributed by atoms with Crippen LogP contribution < -0.4 is 0 Å². The molecule has 3 rings (SSSR count). The van der Waals surface area contributed by atoms with Crippen molar-refractivity contribution in [3.63, 3.8) is 0 Å². The van der Waals surface area contributed by atoms with Crippen LogP contribution in [0.2, 0.25) is 5.02 Å². The van der Waals surface area contributed by atoms with Crippen LogP contribution in [0.15, 0.2) is 42.0 Å². The highest BCUT2D eigenvalue weighted by atomic mass is 35.5. The van der Waals surface area contributed by atoms with Gasteiger partial charge in [-0.3, -0.25) is 4.79 Å². The fourth-order valence-corrected chi connectivity index (χ4v) is 3.53. The Hall–Kier alpha value is -1.87. The van der Waals surface area contributed by atoms with Crippen LogP contribution in [0, 0.1) is 19.8 Å². The van der Waals surface area contributed by atoms with Crippen LogP contribution >= 0.6 is 11.6 Å². The molecule has 1 aromatic heterocycles. The summed E-state index contributed by atoms with van der Waals surface area (Å²) >= 11 is 6.01. The van der Waals surface area contributed by atoms with E-state index in [4.69, 9.17) is 11.6 Å². The molecule has 120 valence electrons. The van der Waals surface area contributed by atoms with E-state index < -0.39 is 0 Å². The first-order chi connectivity index (χ1) is 11.0. The van der Waals surface area contributed by atoms with Crippen molar-refractivity contribution in [2.75, 3.05) is 0 Å². The smallest absolute Gasteiger partial charge is 0.251 e. The quantitative estimate of drug-likeness (QED) is 0.732. The van der Waals surface area contributed by atoms with Gasteiger partial charge in [0, 0.05) is 10.7 Å². The van der Waals surface area contributed by atoms with Gasteiger partial charge in [0.1, 0.15) is 0 Å². The molecule has 0 bridgehead atoms. The molecule has 2 unspecified atom stereocenters. The molecule has 0 saturated carbocycles. The summed E-state index contributed by atoms with van der Waals surface area (Å²) in [6, 6.07) is 9.81. The summed E-state index contributed by atoms with van der Waals surface area (Å²) < 4.78 is 1.57. The highest BCUT2D eigenvalue weighted by Gasteiger charge is 2.33. The molecule has 4 heteroatoms. The first kappa shape index (κ1) is 16.0. The van der Waals surface area contributed by atoms with Crippen molar-refractivity contribution in [1.29, 1.82) is 0 Å². The predicted molar refractivity (Wildman–Crippen MR) is 93.0 cm³/mol. The van der Waals surface area contributed by atoms with E-state index in [2.05, 4.69) is 18.1 Å². The highest BCUT2D eigenvalue weighted by molar-refractivity contribution is 6.30. The summed E-state index contributed by atoms with van der Waals surface area (Å²) in [5.74, 6) is 0.172.